The van der Waals surface area contributed by atoms with E-state index in [1.807, 2.05) is 15.3 Å². The van der Waals surface area contributed by atoms with Gasteiger partial charge in [0.15, 0.2) is 0 Å². The van der Waals surface area contributed by atoms with Gasteiger partial charge in [-0.1, -0.05) is 0 Å². The van der Waals surface area contributed by atoms with Crippen molar-refractivity contribution in [3.8, 4) is 0 Å². The third-order valence-corrected chi connectivity index (χ3v) is 22.8. The van der Waals surface area contributed by atoms with Gasteiger partial charge in [0.1, 0.15) is 0 Å². The molecule has 0 amide bonds. The van der Waals surface area contributed by atoms with Crippen molar-refractivity contribution in [1.29, 1.82) is 0 Å². The summed E-state index contributed by atoms with van der Waals surface area (Å²) in [6.07, 6.45) is 8.29. The minimum absolute atomic E-state index is 1.34. The molecular formula is C24H36SSn. The Kier molecular flexibility index (Phi) is 10.2. The molecule has 0 atom stereocenters. The van der Waals surface area contributed by atoms with Crippen LogP contribution in [0.3, 0.4) is 0 Å². The van der Waals surface area contributed by atoms with Gasteiger partial charge in [-0.15, -0.1) is 0 Å². The summed E-state index contributed by atoms with van der Waals surface area (Å²) in [7, 11) is 0. The monoisotopic (exact) mass is 476 g/mol. The maximum absolute atomic E-state index is 2.52. The molecule has 0 N–H and O–H groups in total. The Balaban J connectivity index is 2.41. The summed E-state index contributed by atoms with van der Waals surface area (Å²) in [6.45, 7) is 7.09. The molecule has 0 aliphatic carbocycles. The normalized spacial score (nSPS) is 11.7. The van der Waals surface area contributed by atoms with Crippen LogP contribution in [0.2, 0.25) is 13.3 Å². The Morgan fingerprint density at radius 1 is 0.654 bits per heavy atom. The third-order valence-electron chi connectivity index (χ3n) is 5.46. The molecule has 2 aromatic rings. The van der Waals surface area contributed by atoms with Crippen LogP contribution in [0.5, 0.6) is 0 Å². The number of hydrogen-bond acceptors (Lipinski definition) is 1. The zero-order valence-corrected chi connectivity index (χ0v) is 20.6. The molecule has 2 heteroatoms. The molecule has 0 fully saturated rings. The van der Waals surface area contributed by atoms with Crippen molar-refractivity contribution in [3.05, 3.63) is 54.6 Å². The van der Waals surface area contributed by atoms with Gasteiger partial charge < -0.3 is 0 Å². The molecule has 0 bridgehead atoms. The molecule has 0 unspecified atom stereocenters. The van der Waals surface area contributed by atoms with Gasteiger partial charge in [-0.05, 0) is 0 Å². The number of rotatable bonds is 12. The first-order valence-electron chi connectivity index (χ1n) is 10.6. The Hall–Kier alpha value is -0.411. The van der Waals surface area contributed by atoms with Gasteiger partial charge in [0.2, 0.25) is 0 Å². The molecule has 0 aromatic heterocycles. The second kappa shape index (κ2) is 12.1. The van der Waals surface area contributed by atoms with Crippen LogP contribution in [0.15, 0.2) is 64.4 Å². The molecule has 0 aliphatic heterocycles. The van der Waals surface area contributed by atoms with Crippen molar-refractivity contribution < 1.29 is 0 Å². The van der Waals surface area contributed by atoms with E-state index in [2.05, 4.69) is 75.4 Å². The minimum atomic E-state index is -2.38. The third kappa shape index (κ3) is 6.33. The van der Waals surface area contributed by atoms with Crippen LogP contribution >= 0.6 is 11.8 Å². The van der Waals surface area contributed by atoms with Crippen LogP contribution in [0.1, 0.15) is 59.3 Å². The fourth-order valence-electron chi connectivity index (χ4n) is 3.93. The summed E-state index contributed by atoms with van der Waals surface area (Å²) in [4.78, 5) is 2.93. The van der Waals surface area contributed by atoms with Crippen molar-refractivity contribution in [2.75, 3.05) is 0 Å². The Bertz CT molecular complexity index is 601. The predicted octanol–water partition coefficient (Wildman–Crippen LogP) is 7.89. The van der Waals surface area contributed by atoms with Gasteiger partial charge in [-0.2, -0.15) is 0 Å². The summed E-state index contributed by atoms with van der Waals surface area (Å²) < 4.78 is 6.43. The maximum atomic E-state index is 2.52. The first kappa shape index (κ1) is 21.9. The van der Waals surface area contributed by atoms with E-state index in [4.69, 9.17) is 0 Å². The zero-order valence-electron chi connectivity index (χ0n) is 17.0. The van der Waals surface area contributed by atoms with Crippen molar-refractivity contribution in [3.63, 3.8) is 0 Å². The van der Waals surface area contributed by atoms with Crippen molar-refractivity contribution >= 4 is 33.7 Å². The zero-order chi connectivity index (χ0) is 18.7. The number of unbranched alkanes of at least 4 members (excludes halogenated alkanes) is 3. The predicted molar refractivity (Wildman–Crippen MR) is 122 cm³/mol. The first-order valence-corrected chi connectivity index (χ1v) is 18.9. The molecule has 0 saturated heterocycles. The molecule has 0 aliphatic rings. The topological polar surface area (TPSA) is 0 Å². The van der Waals surface area contributed by atoms with Gasteiger partial charge in [0.25, 0.3) is 0 Å². The van der Waals surface area contributed by atoms with Gasteiger partial charge in [-0.25, -0.2) is 0 Å². The van der Waals surface area contributed by atoms with Crippen LogP contribution in [-0.2, 0) is 0 Å². The Labute approximate surface area is 170 Å². The molecule has 26 heavy (non-hydrogen) atoms. The van der Waals surface area contributed by atoms with Gasteiger partial charge in [0, 0.05) is 0 Å². The molecule has 0 saturated carbocycles. The van der Waals surface area contributed by atoms with Crippen molar-refractivity contribution in [1.82, 2.24) is 0 Å². The van der Waals surface area contributed by atoms with E-state index >= 15 is 0 Å². The fourth-order valence-corrected chi connectivity index (χ4v) is 23.0. The van der Waals surface area contributed by atoms with Gasteiger partial charge >= 0.3 is 171 Å². The van der Waals surface area contributed by atoms with Gasteiger partial charge in [-0.3, -0.25) is 0 Å². The number of benzene rings is 2. The quantitative estimate of drug-likeness (QED) is 0.281. The van der Waals surface area contributed by atoms with Crippen molar-refractivity contribution in [2.45, 2.75) is 82.4 Å². The molecule has 0 radical (unpaired) electrons. The van der Waals surface area contributed by atoms with Gasteiger partial charge in [0.05, 0.1) is 0 Å². The van der Waals surface area contributed by atoms with Crippen molar-refractivity contribution in [2.24, 2.45) is 0 Å². The Morgan fingerprint density at radius 2 is 1.15 bits per heavy atom. The summed E-state index contributed by atoms with van der Waals surface area (Å²) in [6, 6.07) is 20.4. The molecule has 2 rings (SSSR count). The second-order valence-corrected chi connectivity index (χ2v) is 21.7. The molecule has 142 valence electrons. The molecule has 0 heterocycles. The van der Waals surface area contributed by atoms with Crippen LogP contribution < -0.4 is 3.58 Å². The van der Waals surface area contributed by atoms with E-state index < -0.39 is 18.4 Å². The van der Waals surface area contributed by atoms with Crippen LogP contribution in [0.25, 0.3) is 0 Å². The molecule has 2 aromatic carbocycles. The van der Waals surface area contributed by atoms with E-state index in [1.165, 1.54) is 56.7 Å². The summed E-state index contributed by atoms with van der Waals surface area (Å²) >= 11 is -0.382. The summed E-state index contributed by atoms with van der Waals surface area (Å²) in [5.74, 6) is 0. The number of hydrogen-bond donors (Lipinski definition) is 0. The fraction of sp³-hybridized carbons (Fsp3) is 0.500. The SMILES string of the molecule is CCC[CH2][Sn]([CH2]CCC)([CH2]CCC)[c]1ccccc1Sc1ccccc1. The van der Waals surface area contributed by atoms with Crippen LogP contribution in [0, 0.1) is 0 Å². The standard InChI is InChI=1S/C12H9S.3C4H9.Sn/c1-3-7-11(8-4-1)13-12-9-5-2-6-10-12;3*1-3-4-2;/h1-9H;3*1,3-4H2,2H3;. The summed E-state index contributed by atoms with van der Waals surface area (Å²) in [5, 5.41) is 0. The van der Waals surface area contributed by atoms with E-state index in [9.17, 15) is 0 Å². The summed E-state index contributed by atoms with van der Waals surface area (Å²) in [5.41, 5.74) is 0. The van der Waals surface area contributed by atoms with E-state index in [0.717, 1.165) is 0 Å². The molecular weight excluding hydrogens is 439 g/mol. The van der Waals surface area contributed by atoms with Crippen LogP contribution in [-0.4, -0.2) is 18.4 Å². The van der Waals surface area contributed by atoms with E-state index in [-0.39, 0.29) is 0 Å². The van der Waals surface area contributed by atoms with E-state index in [1.54, 1.807) is 4.90 Å². The average molecular weight is 475 g/mol. The Morgan fingerprint density at radius 3 is 1.69 bits per heavy atom. The van der Waals surface area contributed by atoms with E-state index in [0.29, 0.717) is 0 Å². The first-order chi connectivity index (χ1) is 12.8. The second-order valence-electron chi connectivity index (χ2n) is 7.50. The average Bonchev–Trinajstić information content (AvgIpc) is 2.69. The molecule has 0 nitrogen and oxygen atoms in total. The van der Waals surface area contributed by atoms with Crippen LogP contribution in [0.4, 0.5) is 0 Å². The molecule has 0 spiro atoms.